The van der Waals surface area contributed by atoms with Gasteiger partial charge in [-0.3, -0.25) is 9.59 Å². The minimum Gasteiger partial charge on any atom is -0.481 e. The maximum atomic E-state index is 12.1. The predicted octanol–water partition coefficient (Wildman–Crippen LogP) is 2.80. The van der Waals surface area contributed by atoms with Crippen LogP contribution in [0.2, 0.25) is 0 Å². The van der Waals surface area contributed by atoms with E-state index in [1.807, 2.05) is 19.1 Å². The second-order valence-corrected chi connectivity index (χ2v) is 6.40. The van der Waals surface area contributed by atoms with Crippen molar-refractivity contribution < 1.29 is 14.7 Å². The summed E-state index contributed by atoms with van der Waals surface area (Å²) >= 11 is 0. The van der Waals surface area contributed by atoms with Gasteiger partial charge < -0.3 is 10.0 Å². The smallest absolute Gasteiger partial charge is 0.314 e. The molecule has 1 saturated carbocycles. The van der Waals surface area contributed by atoms with Crippen LogP contribution in [0.1, 0.15) is 48.8 Å². The van der Waals surface area contributed by atoms with E-state index in [-0.39, 0.29) is 5.91 Å². The third kappa shape index (κ3) is 2.04. The zero-order chi connectivity index (χ0) is 15.2. The molecule has 0 bridgehead atoms. The van der Waals surface area contributed by atoms with Gasteiger partial charge in [-0.05, 0) is 30.9 Å². The topological polar surface area (TPSA) is 57.6 Å². The fraction of sp³-hybridized carbons (Fsp3) is 0.529. The van der Waals surface area contributed by atoms with Gasteiger partial charge in [0.15, 0.2) is 0 Å². The van der Waals surface area contributed by atoms with E-state index in [1.54, 1.807) is 11.9 Å². The molecule has 0 saturated heterocycles. The summed E-state index contributed by atoms with van der Waals surface area (Å²) in [6.45, 7) is 1.98. The van der Waals surface area contributed by atoms with E-state index in [2.05, 4.69) is 0 Å². The van der Waals surface area contributed by atoms with Crippen LogP contribution in [0.3, 0.4) is 0 Å². The summed E-state index contributed by atoms with van der Waals surface area (Å²) in [6, 6.07) is 3.99. The Morgan fingerprint density at radius 1 is 1.24 bits per heavy atom. The number of nitrogens with zero attached hydrogens (tertiary/aromatic N) is 1. The maximum Gasteiger partial charge on any atom is 0.314 e. The molecule has 2 aliphatic rings. The molecule has 1 aromatic rings. The van der Waals surface area contributed by atoms with E-state index in [0.29, 0.717) is 19.3 Å². The summed E-state index contributed by atoms with van der Waals surface area (Å²) in [5.74, 6) is -0.698. The number of rotatable bonds is 2. The zero-order valence-electron chi connectivity index (χ0n) is 12.6. The van der Waals surface area contributed by atoms with E-state index in [0.717, 1.165) is 41.6 Å². The van der Waals surface area contributed by atoms with Crippen LogP contribution in [0, 0.1) is 6.92 Å². The Balaban J connectivity index is 2.22. The number of fused-ring (bicyclic) bond motifs is 1. The monoisotopic (exact) mass is 287 g/mol. The fourth-order valence-electron chi connectivity index (χ4n) is 3.91. The summed E-state index contributed by atoms with van der Waals surface area (Å²) in [4.78, 5) is 25.7. The molecule has 0 atom stereocenters. The molecule has 3 rings (SSSR count). The Hall–Kier alpha value is -1.84. The maximum absolute atomic E-state index is 12.1. The molecule has 0 unspecified atom stereocenters. The number of carboxylic acids is 1. The van der Waals surface area contributed by atoms with Crippen molar-refractivity contribution in [1.29, 1.82) is 0 Å². The van der Waals surface area contributed by atoms with Crippen molar-refractivity contribution in [2.75, 3.05) is 11.9 Å². The molecular formula is C17H21NO3. The number of hydrogen-bond donors (Lipinski definition) is 1. The molecular weight excluding hydrogens is 266 g/mol. The molecule has 4 nitrogen and oxygen atoms in total. The first-order chi connectivity index (χ1) is 9.95. The Labute approximate surface area is 124 Å². The quantitative estimate of drug-likeness (QED) is 0.910. The van der Waals surface area contributed by atoms with E-state index in [9.17, 15) is 14.7 Å². The van der Waals surface area contributed by atoms with Crippen molar-refractivity contribution >= 4 is 17.6 Å². The van der Waals surface area contributed by atoms with Crippen LogP contribution in [-0.4, -0.2) is 24.0 Å². The number of carbonyl (C=O) groups is 2. The highest BCUT2D eigenvalue weighted by Gasteiger charge is 2.45. The van der Waals surface area contributed by atoms with Crippen LogP contribution < -0.4 is 4.90 Å². The van der Waals surface area contributed by atoms with Gasteiger partial charge in [-0.25, -0.2) is 0 Å². The number of benzene rings is 1. The van der Waals surface area contributed by atoms with Crippen molar-refractivity contribution in [3.8, 4) is 0 Å². The highest BCUT2D eigenvalue weighted by molar-refractivity contribution is 6.03. The summed E-state index contributed by atoms with van der Waals surface area (Å²) in [7, 11) is 1.76. The number of anilines is 1. The second kappa shape index (κ2) is 4.86. The van der Waals surface area contributed by atoms with Crippen molar-refractivity contribution in [2.24, 2.45) is 0 Å². The van der Waals surface area contributed by atoms with Gasteiger partial charge in [-0.15, -0.1) is 0 Å². The first-order valence-electron chi connectivity index (χ1n) is 7.60. The van der Waals surface area contributed by atoms with E-state index >= 15 is 0 Å². The third-order valence-electron chi connectivity index (χ3n) is 5.02. The van der Waals surface area contributed by atoms with Crippen LogP contribution in [-0.2, 0) is 21.4 Å². The highest BCUT2D eigenvalue weighted by atomic mass is 16.4. The van der Waals surface area contributed by atoms with Gasteiger partial charge in [0.25, 0.3) is 0 Å². The van der Waals surface area contributed by atoms with Crippen molar-refractivity contribution in [3.63, 3.8) is 0 Å². The van der Waals surface area contributed by atoms with Crippen LogP contribution >= 0.6 is 0 Å². The molecule has 1 heterocycles. The lowest BCUT2D eigenvalue weighted by Gasteiger charge is -2.36. The number of hydrogen-bond acceptors (Lipinski definition) is 2. The van der Waals surface area contributed by atoms with Gasteiger partial charge in [0, 0.05) is 7.05 Å². The minimum atomic E-state index is -0.826. The molecule has 21 heavy (non-hydrogen) atoms. The Bertz CT molecular complexity index is 615. The van der Waals surface area contributed by atoms with Crippen LogP contribution in [0.4, 0.5) is 5.69 Å². The number of carbonyl (C=O) groups excluding carboxylic acids is 1. The van der Waals surface area contributed by atoms with Crippen LogP contribution in [0.5, 0.6) is 0 Å². The van der Waals surface area contributed by atoms with Gasteiger partial charge in [-0.1, -0.05) is 37.0 Å². The molecule has 1 aliphatic carbocycles. The molecule has 1 amide bonds. The van der Waals surface area contributed by atoms with Gasteiger partial charge >= 0.3 is 5.97 Å². The Morgan fingerprint density at radius 2 is 1.90 bits per heavy atom. The zero-order valence-corrected chi connectivity index (χ0v) is 12.6. The van der Waals surface area contributed by atoms with Gasteiger partial charge in [-0.2, -0.15) is 0 Å². The molecule has 0 radical (unpaired) electrons. The number of aliphatic carboxylic acids is 1. The molecule has 0 aromatic heterocycles. The molecule has 0 spiro atoms. The molecule has 4 heteroatoms. The van der Waals surface area contributed by atoms with Crippen LogP contribution in [0.25, 0.3) is 0 Å². The average Bonchev–Trinajstić information content (AvgIpc) is 2.73. The normalized spacial score (nSPS) is 20.5. The largest absolute Gasteiger partial charge is 0.481 e. The minimum absolute atomic E-state index is 0.0493. The SMILES string of the molecule is Cc1cc2c(c(C3(C(=O)O)CCCCC3)c1)N(C)C(=O)C2. The van der Waals surface area contributed by atoms with Gasteiger partial charge in [0.1, 0.15) is 0 Å². The van der Waals surface area contributed by atoms with Crippen molar-refractivity contribution in [2.45, 2.75) is 50.9 Å². The van der Waals surface area contributed by atoms with E-state index in [1.165, 1.54) is 0 Å². The summed E-state index contributed by atoms with van der Waals surface area (Å²) < 4.78 is 0. The van der Waals surface area contributed by atoms with Gasteiger partial charge in [0.05, 0.1) is 17.5 Å². The van der Waals surface area contributed by atoms with E-state index in [4.69, 9.17) is 0 Å². The Morgan fingerprint density at radius 3 is 2.52 bits per heavy atom. The highest BCUT2D eigenvalue weighted by Crippen LogP contribution is 2.46. The van der Waals surface area contributed by atoms with E-state index < -0.39 is 11.4 Å². The average molecular weight is 287 g/mol. The van der Waals surface area contributed by atoms with Crippen molar-refractivity contribution in [3.05, 3.63) is 28.8 Å². The molecule has 1 aromatic carbocycles. The Kier molecular flexibility index (Phi) is 3.27. The summed E-state index contributed by atoms with van der Waals surface area (Å²) in [5.41, 5.74) is 2.88. The number of amides is 1. The lowest BCUT2D eigenvalue weighted by molar-refractivity contribution is -0.145. The fourth-order valence-corrected chi connectivity index (χ4v) is 3.91. The summed E-state index contributed by atoms with van der Waals surface area (Å²) in [5, 5.41) is 9.91. The molecule has 112 valence electrons. The second-order valence-electron chi connectivity index (χ2n) is 6.40. The van der Waals surface area contributed by atoms with Crippen molar-refractivity contribution in [1.82, 2.24) is 0 Å². The molecule has 1 fully saturated rings. The standard InChI is InChI=1S/C17H21NO3/c1-11-8-12-10-14(19)18(2)15(12)13(9-11)17(16(20)21)6-4-3-5-7-17/h8-9H,3-7,10H2,1-2H3,(H,20,21). The predicted molar refractivity (Wildman–Crippen MR) is 80.7 cm³/mol. The molecule has 1 N–H and O–H groups in total. The first-order valence-corrected chi connectivity index (χ1v) is 7.60. The lowest BCUT2D eigenvalue weighted by Crippen LogP contribution is -2.39. The first kappa shape index (κ1) is 14.1. The molecule has 1 aliphatic heterocycles. The summed E-state index contributed by atoms with van der Waals surface area (Å²) in [6.07, 6.45) is 4.69. The number of carboxylic acid groups (broad SMARTS) is 1. The lowest BCUT2D eigenvalue weighted by atomic mass is 9.68. The van der Waals surface area contributed by atoms with Gasteiger partial charge in [0.2, 0.25) is 5.91 Å². The number of likely N-dealkylation sites (N-methyl/N-ethyl adjacent to an activating group) is 1. The third-order valence-corrected chi connectivity index (χ3v) is 5.02. The number of aryl methyl sites for hydroxylation is 1. The van der Waals surface area contributed by atoms with Crippen LogP contribution in [0.15, 0.2) is 12.1 Å².